The summed E-state index contributed by atoms with van der Waals surface area (Å²) in [6, 6.07) is 4.78. The second-order valence-corrected chi connectivity index (χ2v) is 6.51. The number of carbonyl (C=O) groups excluding carboxylic acids is 1. The summed E-state index contributed by atoms with van der Waals surface area (Å²) in [6.07, 6.45) is -0.511. The maximum absolute atomic E-state index is 13.2. The zero-order chi connectivity index (χ0) is 19.7. The first kappa shape index (κ1) is 18.3. The van der Waals surface area contributed by atoms with Gasteiger partial charge in [-0.2, -0.15) is 18.3 Å². The molecule has 0 bridgehead atoms. The van der Waals surface area contributed by atoms with Gasteiger partial charge in [0.1, 0.15) is 0 Å². The number of furan rings is 1. The third kappa shape index (κ3) is 3.54. The molecule has 28 heavy (non-hydrogen) atoms. The third-order valence-corrected chi connectivity index (χ3v) is 4.64. The summed E-state index contributed by atoms with van der Waals surface area (Å²) in [5.74, 6) is 0.263. The molecule has 0 unspecified atom stereocenters. The lowest BCUT2D eigenvalue weighted by atomic mass is 9.95. The van der Waals surface area contributed by atoms with Gasteiger partial charge in [0.25, 0.3) is 5.91 Å². The van der Waals surface area contributed by atoms with E-state index in [1.54, 1.807) is 12.1 Å². The Morgan fingerprint density at radius 1 is 1.25 bits per heavy atom. The standard InChI is InChI=1S/C18H17F3N4O3/c19-18(20,21)16-11-4-1-2-5-13(11)25(23-16)8-7-22-17(26)12-10-15(28-24-12)14-6-3-9-27-14/h3,6,9-10H,1-2,4-5,7-8H2,(H,22,26). The lowest BCUT2D eigenvalue weighted by Crippen LogP contribution is -2.28. The molecule has 3 aromatic heterocycles. The number of fused-ring (bicyclic) bond motifs is 1. The highest BCUT2D eigenvalue weighted by Gasteiger charge is 2.39. The minimum atomic E-state index is -4.47. The van der Waals surface area contributed by atoms with Gasteiger partial charge in [-0.15, -0.1) is 0 Å². The van der Waals surface area contributed by atoms with Crippen LogP contribution in [0.25, 0.3) is 11.5 Å². The summed E-state index contributed by atoms with van der Waals surface area (Å²) in [6.45, 7) is 0.264. The van der Waals surface area contributed by atoms with Gasteiger partial charge in [-0.05, 0) is 37.8 Å². The fourth-order valence-electron chi connectivity index (χ4n) is 3.37. The summed E-state index contributed by atoms with van der Waals surface area (Å²) in [5.41, 5.74) is 0.136. The van der Waals surface area contributed by atoms with Crippen LogP contribution < -0.4 is 5.32 Å². The Balaban J connectivity index is 1.41. The second kappa shape index (κ2) is 7.17. The number of hydrogen-bond donors (Lipinski definition) is 1. The lowest BCUT2D eigenvalue weighted by molar-refractivity contribution is -0.142. The van der Waals surface area contributed by atoms with Crippen LogP contribution in [0.15, 0.2) is 33.4 Å². The zero-order valence-corrected chi connectivity index (χ0v) is 14.8. The lowest BCUT2D eigenvalue weighted by Gasteiger charge is -2.14. The van der Waals surface area contributed by atoms with E-state index in [9.17, 15) is 18.0 Å². The van der Waals surface area contributed by atoms with Crippen molar-refractivity contribution in [2.45, 2.75) is 38.4 Å². The van der Waals surface area contributed by atoms with Crippen molar-refractivity contribution in [3.05, 3.63) is 47.1 Å². The van der Waals surface area contributed by atoms with Crippen LogP contribution in [-0.4, -0.2) is 27.4 Å². The topological polar surface area (TPSA) is 86.1 Å². The maximum Gasteiger partial charge on any atom is 0.435 e. The van der Waals surface area contributed by atoms with Crippen molar-refractivity contribution in [2.75, 3.05) is 6.54 Å². The number of nitrogens with zero attached hydrogens (tertiary/aromatic N) is 3. The number of halogens is 3. The molecule has 148 valence electrons. The van der Waals surface area contributed by atoms with Crippen molar-refractivity contribution in [1.82, 2.24) is 20.3 Å². The second-order valence-electron chi connectivity index (χ2n) is 6.51. The molecule has 3 aromatic rings. The highest BCUT2D eigenvalue weighted by atomic mass is 19.4. The molecular formula is C18H17F3N4O3. The van der Waals surface area contributed by atoms with Gasteiger partial charge in [0.15, 0.2) is 17.1 Å². The number of rotatable bonds is 5. The van der Waals surface area contributed by atoms with Crippen LogP contribution in [0.1, 0.15) is 40.3 Å². The average Bonchev–Trinajstić information content (AvgIpc) is 3.40. The number of nitrogens with one attached hydrogen (secondary N) is 1. The SMILES string of the molecule is O=C(NCCn1nc(C(F)(F)F)c2c1CCCC2)c1cc(-c2ccco2)on1. The molecule has 0 spiro atoms. The highest BCUT2D eigenvalue weighted by Crippen LogP contribution is 2.35. The molecular weight excluding hydrogens is 377 g/mol. The van der Waals surface area contributed by atoms with E-state index < -0.39 is 17.8 Å². The van der Waals surface area contributed by atoms with Gasteiger partial charge in [-0.25, -0.2) is 0 Å². The minimum Gasteiger partial charge on any atom is -0.461 e. The van der Waals surface area contributed by atoms with Crippen molar-refractivity contribution in [3.8, 4) is 11.5 Å². The molecule has 0 aromatic carbocycles. The Kier molecular flexibility index (Phi) is 4.70. The first-order chi connectivity index (χ1) is 13.4. The van der Waals surface area contributed by atoms with E-state index in [1.807, 2.05) is 0 Å². The molecule has 0 saturated carbocycles. The van der Waals surface area contributed by atoms with Crippen LogP contribution in [-0.2, 0) is 25.6 Å². The fraction of sp³-hybridized carbons (Fsp3) is 0.389. The van der Waals surface area contributed by atoms with Crippen molar-refractivity contribution in [1.29, 1.82) is 0 Å². The Morgan fingerprint density at radius 3 is 2.82 bits per heavy atom. The Bertz CT molecular complexity index is 973. The summed E-state index contributed by atoms with van der Waals surface area (Å²) < 4.78 is 51.2. The first-order valence-corrected chi connectivity index (χ1v) is 8.88. The predicted molar refractivity (Wildman–Crippen MR) is 90.4 cm³/mol. The molecule has 0 fully saturated rings. The van der Waals surface area contributed by atoms with E-state index in [0.29, 0.717) is 30.1 Å². The van der Waals surface area contributed by atoms with E-state index in [4.69, 9.17) is 8.94 Å². The van der Waals surface area contributed by atoms with Crippen LogP contribution >= 0.6 is 0 Å². The fourth-order valence-corrected chi connectivity index (χ4v) is 3.37. The minimum absolute atomic E-state index is 0.0601. The Hall–Kier alpha value is -3.04. The normalized spacial score (nSPS) is 14.1. The molecule has 0 atom stereocenters. The third-order valence-electron chi connectivity index (χ3n) is 4.64. The molecule has 1 aliphatic carbocycles. The summed E-state index contributed by atoms with van der Waals surface area (Å²) in [4.78, 5) is 12.2. The zero-order valence-electron chi connectivity index (χ0n) is 14.8. The number of carbonyl (C=O) groups is 1. The van der Waals surface area contributed by atoms with Gasteiger partial charge in [0.2, 0.25) is 5.76 Å². The van der Waals surface area contributed by atoms with Crippen molar-refractivity contribution < 1.29 is 26.9 Å². The Morgan fingerprint density at radius 2 is 2.07 bits per heavy atom. The van der Waals surface area contributed by atoms with Gasteiger partial charge in [0, 0.05) is 23.9 Å². The molecule has 0 aliphatic heterocycles. The van der Waals surface area contributed by atoms with Crippen LogP contribution in [0.5, 0.6) is 0 Å². The average molecular weight is 394 g/mol. The van der Waals surface area contributed by atoms with Crippen molar-refractivity contribution >= 4 is 5.91 Å². The van der Waals surface area contributed by atoms with Crippen LogP contribution in [0, 0.1) is 0 Å². The van der Waals surface area contributed by atoms with Gasteiger partial charge in [-0.1, -0.05) is 5.16 Å². The van der Waals surface area contributed by atoms with E-state index in [2.05, 4.69) is 15.6 Å². The monoisotopic (exact) mass is 394 g/mol. The molecule has 4 rings (SSSR count). The van der Waals surface area contributed by atoms with E-state index >= 15 is 0 Å². The van der Waals surface area contributed by atoms with E-state index in [1.165, 1.54) is 17.0 Å². The number of amides is 1. The van der Waals surface area contributed by atoms with Crippen LogP contribution in [0.3, 0.4) is 0 Å². The largest absolute Gasteiger partial charge is 0.461 e. The summed E-state index contributed by atoms with van der Waals surface area (Å²) >= 11 is 0. The summed E-state index contributed by atoms with van der Waals surface area (Å²) in [7, 11) is 0. The smallest absolute Gasteiger partial charge is 0.435 e. The molecule has 1 amide bonds. The Labute approximate surface area is 157 Å². The number of aromatic nitrogens is 3. The van der Waals surface area contributed by atoms with Crippen molar-refractivity contribution in [2.24, 2.45) is 0 Å². The molecule has 0 radical (unpaired) electrons. The van der Waals surface area contributed by atoms with Gasteiger partial charge in [0.05, 0.1) is 12.8 Å². The quantitative estimate of drug-likeness (QED) is 0.716. The molecule has 7 nitrogen and oxygen atoms in total. The molecule has 10 heteroatoms. The maximum atomic E-state index is 13.2. The number of hydrogen-bond acceptors (Lipinski definition) is 5. The molecule has 3 heterocycles. The first-order valence-electron chi connectivity index (χ1n) is 8.88. The van der Waals surface area contributed by atoms with Crippen LogP contribution in [0.4, 0.5) is 13.2 Å². The highest BCUT2D eigenvalue weighted by molar-refractivity contribution is 5.92. The molecule has 1 aliphatic rings. The van der Waals surface area contributed by atoms with Gasteiger partial charge < -0.3 is 14.3 Å². The van der Waals surface area contributed by atoms with Gasteiger partial charge >= 0.3 is 6.18 Å². The van der Waals surface area contributed by atoms with Gasteiger partial charge in [-0.3, -0.25) is 9.48 Å². The van der Waals surface area contributed by atoms with Crippen molar-refractivity contribution in [3.63, 3.8) is 0 Å². The molecule has 0 saturated heterocycles. The molecule has 1 N–H and O–H groups in total. The predicted octanol–water partition coefficient (Wildman–Crippen LogP) is 3.46. The summed E-state index contributed by atoms with van der Waals surface area (Å²) in [5, 5.41) is 10.1. The van der Waals surface area contributed by atoms with E-state index in [0.717, 1.165) is 12.8 Å². The van der Waals surface area contributed by atoms with E-state index in [-0.39, 0.29) is 24.3 Å². The number of alkyl halides is 3. The van der Waals surface area contributed by atoms with Crippen LogP contribution in [0.2, 0.25) is 0 Å².